The van der Waals surface area contributed by atoms with E-state index in [4.69, 9.17) is 18.9 Å². The second kappa shape index (κ2) is 48.2. The number of carbonyl (C=O) groups is 1. The zero-order valence-corrected chi connectivity index (χ0v) is 48.3. The van der Waals surface area contributed by atoms with Crippen molar-refractivity contribution in [2.24, 2.45) is 0 Å². The molecule has 0 bridgehead atoms. The van der Waals surface area contributed by atoms with E-state index in [0.29, 0.717) is 12.8 Å². The van der Waals surface area contributed by atoms with Gasteiger partial charge in [0.05, 0.1) is 32.0 Å². The van der Waals surface area contributed by atoms with Crippen molar-refractivity contribution in [3.63, 3.8) is 0 Å². The van der Waals surface area contributed by atoms with E-state index in [1.165, 1.54) is 205 Å². The minimum absolute atomic E-state index is 0.244. The molecule has 12 unspecified atom stereocenters. The normalized spacial score (nSPS) is 25.0. The van der Waals surface area contributed by atoms with Gasteiger partial charge in [0.2, 0.25) is 5.91 Å². The molecule has 0 radical (unpaired) electrons. The van der Waals surface area contributed by atoms with E-state index < -0.39 is 86.8 Å². The van der Waals surface area contributed by atoms with Crippen molar-refractivity contribution in [1.29, 1.82) is 0 Å². The number of unbranched alkanes of at least 4 members (excludes halogenated alkanes) is 36. The predicted octanol–water partition coefficient (Wildman–Crippen LogP) is 11.2. The van der Waals surface area contributed by atoms with Crippen molar-refractivity contribution in [1.82, 2.24) is 5.32 Å². The monoisotopic (exact) mass is 1080 g/mol. The molecule has 2 rings (SSSR count). The molecule has 1 amide bonds. The SMILES string of the molecule is CCCCCCCCCCCCCC/C=C/CC/C=C/C(O)C(COC1OC(CO)C(OC2OC(CO)C(O)C(O)C2O)C(O)C1O)NC(=O)CCCCCCCCCCCCCCCCCCCCCCCCCC. The maximum Gasteiger partial charge on any atom is 0.220 e. The third kappa shape index (κ3) is 33.3. The maximum atomic E-state index is 13.3. The van der Waals surface area contributed by atoms with Crippen molar-refractivity contribution in [2.45, 2.75) is 344 Å². The molecule has 12 atom stereocenters. The summed E-state index contributed by atoms with van der Waals surface area (Å²) in [5.41, 5.74) is 0. The molecule has 0 saturated carbocycles. The van der Waals surface area contributed by atoms with Crippen LogP contribution in [0, 0.1) is 0 Å². The van der Waals surface area contributed by atoms with Gasteiger partial charge in [0, 0.05) is 6.42 Å². The van der Waals surface area contributed by atoms with Crippen LogP contribution in [0.2, 0.25) is 0 Å². The highest BCUT2D eigenvalue weighted by Crippen LogP contribution is 2.30. The van der Waals surface area contributed by atoms with Crippen LogP contribution in [0.1, 0.15) is 271 Å². The van der Waals surface area contributed by atoms with Crippen molar-refractivity contribution < 1.29 is 64.6 Å². The van der Waals surface area contributed by atoms with Gasteiger partial charge in [0.1, 0.15) is 48.8 Å². The second-order valence-electron chi connectivity index (χ2n) is 22.5. The Kier molecular flexibility index (Phi) is 44.8. The van der Waals surface area contributed by atoms with E-state index in [1.54, 1.807) is 6.08 Å². The zero-order valence-electron chi connectivity index (χ0n) is 48.3. The van der Waals surface area contributed by atoms with Gasteiger partial charge >= 0.3 is 0 Å². The molecule has 9 N–H and O–H groups in total. The highest BCUT2D eigenvalue weighted by molar-refractivity contribution is 5.76. The van der Waals surface area contributed by atoms with Gasteiger partial charge in [-0.15, -0.1) is 0 Å². The summed E-state index contributed by atoms with van der Waals surface area (Å²) in [6.07, 6.45) is 40.8. The minimum atomic E-state index is -1.79. The molecule has 2 heterocycles. The number of hydrogen-bond acceptors (Lipinski definition) is 13. The van der Waals surface area contributed by atoms with Gasteiger partial charge in [0.25, 0.3) is 0 Å². The summed E-state index contributed by atoms with van der Waals surface area (Å²) in [7, 11) is 0. The maximum absolute atomic E-state index is 13.3. The van der Waals surface area contributed by atoms with Gasteiger partial charge in [0.15, 0.2) is 12.6 Å². The topological polar surface area (TPSA) is 228 Å². The molecule has 14 nitrogen and oxygen atoms in total. The van der Waals surface area contributed by atoms with Crippen LogP contribution >= 0.6 is 0 Å². The van der Waals surface area contributed by atoms with Crippen LogP contribution < -0.4 is 5.32 Å². The summed E-state index contributed by atoms with van der Waals surface area (Å²) in [4.78, 5) is 13.3. The van der Waals surface area contributed by atoms with Crippen LogP contribution in [0.5, 0.6) is 0 Å². The lowest BCUT2D eigenvalue weighted by atomic mass is 9.97. The van der Waals surface area contributed by atoms with Gasteiger partial charge in [-0.2, -0.15) is 0 Å². The van der Waals surface area contributed by atoms with E-state index in [-0.39, 0.29) is 18.9 Å². The molecular weight excluding hydrogens is 967 g/mol. The van der Waals surface area contributed by atoms with E-state index >= 15 is 0 Å². The third-order valence-corrected chi connectivity index (χ3v) is 15.6. The summed E-state index contributed by atoms with van der Waals surface area (Å²) < 4.78 is 22.8. The highest BCUT2D eigenvalue weighted by Gasteiger charge is 2.51. The van der Waals surface area contributed by atoms with E-state index in [9.17, 15) is 45.6 Å². The number of ether oxygens (including phenoxy) is 4. The Hall–Kier alpha value is -1.53. The summed E-state index contributed by atoms with van der Waals surface area (Å²) in [6, 6.07) is -0.928. The fourth-order valence-corrected chi connectivity index (χ4v) is 10.5. The lowest BCUT2D eigenvalue weighted by molar-refractivity contribution is -0.359. The Morgan fingerprint density at radius 3 is 1.29 bits per heavy atom. The number of nitrogens with one attached hydrogen (secondary N) is 1. The molecule has 0 aliphatic carbocycles. The van der Waals surface area contributed by atoms with Gasteiger partial charge in [-0.25, -0.2) is 0 Å². The summed E-state index contributed by atoms with van der Waals surface area (Å²) in [6.45, 7) is 2.81. The quantitative estimate of drug-likeness (QED) is 0.0204. The summed E-state index contributed by atoms with van der Waals surface area (Å²) >= 11 is 0. The van der Waals surface area contributed by atoms with E-state index in [2.05, 4.69) is 31.3 Å². The summed E-state index contributed by atoms with van der Waals surface area (Å²) in [5, 5.41) is 87.1. The fraction of sp³-hybridized carbons (Fsp3) is 0.919. The van der Waals surface area contributed by atoms with Crippen LogP contribution in [0.15, 0.2) is 24.3 Å². The molecule has 0 aromatic carbocycles. The first-order chi connectivity index (χ1) is 37.1. The van der Waals surface area contributed by atoms with E-state index in [1.807, 2.05) is 6.08 Å². The standard InChI is InChI=1S/C62H117NO13/c1-3-5-7-9-11-13-15-17-19-21-23-24-25-26-27-28-30-32-34-36-38-40-42-44-46-54(67)63-50(51(66)45-43-41-39-37-35-33-31-29-22-20-18-16-14-12-10-8-6-4-2)49-73-61-59(72)57(70)60(53(48-65)75-61)76-62-58(71)56(69)55(68)52(47-64)74-62/h35,37,43,45,50-53,55-62,64-66,68-72H,3-34,36,38-42,44,46-49H2,1-2H3,(H,63,67)/b37-35+,45-43+. The molecule has 2 saturated heterocycles. The number of amides is 1. The van der Waals surface area contributed by atoms with Crippen molar-refractivity contribution in [3.8, 4) is 0 Å². The average Bonchev–Trinajstić information content (AvgIpc) is 3.42. The number of allylic oxidation sites excluding steroid dienone is 3. The van der Waals surface area contributed by atoms with Gasteiger partial charge < -0.3 is 65.1 Å². The molecule has 0 aromatic heterocycles. The van der Waals surface area contributed by atoms with Crippen LogP contribution in [-0.4, -0.2) is 140 Å². The zero-order chi connectivity index (χ0) is 55.3. The first-order valence-electron chi connectivity index (χ1n) is 31.6. The Bertz CT molecular complexity index is 1370. The predicted molar refractivity (Wildman–Crippen MR) is 305 cm³/mol. The van der Waals surface area contributed by atoms with Crippen molar-refractivity contribution in [2.75, 3.05) is 19.8 Å². The van der Waals surface area contributed by atoms with Gasteiger partial charge in [-0.3, -0.25) is 4.79 Å². The molecular formula is C62H117NO13. The van der Waals surface area contributed by atoms with Crippen LogP contribution in [0.3, 0.4) is 0 Å². The Labute approximate surface area is 462 Å². The van der Waals surface area contributed by atoms with Gasteiger partial charge in [-0.1, -0.05) is 256 Å². The first-order valence-corrected chi connectivity index (χ1v) is 31.6. The van der Waals surface area contributed by atoms with Crippen molar-refractivity contribution in [3.05, 3.63) is 24.3 Å². The minimum Gasteiger partial charge on any atom is -0.394 e. The number of carbonyl (C=O) groups excluding carboxylic acids is 1. The fourth-order valence-electron chi connectivity index (χ4n) is 10.5. The Balaban J connectivity index is 1.74. The second-order valence-corrected chi connectivity index (χ2v) is 22.5. The number of aliphatic hydroxyl groups excluding tert-OH is 8. The Morgan fingerprint density at radius 2 is 0.842 bits per heavy atom. The molecule has 2 aliphatic rings. The van der Waals surface area contributed by atoms with Crippen LogP contribution in [-0.2, 0) is 23.7 Å². The largest absolute Gasteiger partial charge is 0.394 e. The molecule has 2 aliphatic heterocycles. The van der Waals surface area contributed by atoms with Crippen LogP contribution in [0.4, 0.5) is 0 Å². The molecule has 14 heteroatoms. The molecule has 448 valence electrons. The Morgan fingerprint density at radius 1 is 0.461 bits per heavy atom. The molecule has 0 spiro atoms. The van der Waals surface area contributed by atoms with Gasteiger partial charge in [-0.05, 0) is 32.1 Å². The first kappa shape index (κ1) is 70.6. The lowest BCUT2D eigenvalue weighted by Crippen LogP contribution is -2.65. The third-order valence-electron chi connectivity index (χ3n) is 15.6. The lowest BCUT2D eigenvalue weighted by Gasteiger charge is -2.46. The molecule has 2 fully saturated rings. The smallest absolute Gasteiger partial charge is 0.220 e. The number of hydrogen-bond donors (Lipinski definition) is 9. The number of rotatable bonds is 51. The summed E-state index contributed by atoms with van der Waals surface area (Å²) in [5.74, 6) is -0.244. The average molecular weight is 1080 g/mol. The van der Waals surface area contributed by atoms with Crippen LogP contribution in [0.25, 0.3) is 0 Å². The van der Waals surface area contributed by atoms with E-state index in [0.717, 1.165) is 32.1 Å². The molecule has 76 heavy (non-hydrogen) atoms. The highest BCUT2D eigenvalue weighted by atomic mass is 16.7. The molecule has 0 aromatic rings. The van der Waals surface area contributed by atoms with Crippen molar-refractivity contribution >= 4 is 5.91 Å². The number of aliphatic hydroxyl groups is 8.